The van der Waals surface area contributed by atoms with Gasteiger partial charge in [0.2, 0.25) is 0 Å². The van der Waals surface area contributed by atoms with Gasteiger partial charge in [0.15, 0.2) is 16.8 Å². The molecule has 1 amide bonds. The topological polar surface area (TPSA) is 67.4 Å². The summed E-state index contributed by atoms with van der Waals surface area (Å²) in [6, 6.07) is 10.3. The predicted octanol–water partition coefficient (Wildman–Crippen LogP) is 5.56. The number of amides is 1. The zero-order chi connectivity index (χ0) is 25.9. The first-order valence-electron chi connectivity index (χ1n) is 12.2. The smallest absolute Gasteiger partial charge is 0.407 e. The third kappa shape index (κ3) is 5.75. The first kappa shape index (κ1) is 25.5. The molecule has 2 aliphatic rings. The van der Waals surface area contributed by atoms with Gasteiger partial charge in [0.25, 0.3) is 0 Å². The van der Waals surface area contributed by atoms with Gasteiger partial charge in [0.05, 0.1) is 5.69 Å². The highest BCUT2D eigenvalue weighted by Gasteiger charge is 2.38. The van der Waals surface area contributed by atoms with Crippen molar-refractivity contribution in [3.63, 3.8) is 0 Å². The molecule has 1 aliphatic carbocycles. The van der Waals surface area contributed by atoms with Gasteiger partial charge in [0.1, 0.15) is 12.4 Å². The Balaban J connectivity index is 1.33. The second-order valence-electron chi connectivity index (χ2n) is 9.41. The maximum Gasteiger partial charge on any atom is 0.407 e. The van der Waals surface area contributed by atoms with Crippen molar-refractivity contribution in [3.8, 4) is 0 Å². The van der Waals surface area contributed by atoms with Crippen LogP contribution in [0.15, 0.2) is 53.8 Å². The third-order valence-corrected chi connectivity index (χ3v) is 7.70. The summed E-state index contributed by atoms with van der Waals surface area (Å²) in [7, 11) is 0. The molecule has 1 saturated carbocycles. The van der Waals surface area contributed by atoms with Gasteiger partial charge < -0.3 is 10.1 Å². The number of nitrogens with one attached hydrogen (secondary N) is 1. The van der Waals surface area contributed by atoms with Gasteiger partial charge in [0, 0.05) is 48.9 Å². The van der Waals surface area contributed by atoms with E-state index in [1.54, 1.807) is 0 Å². The van der Waals surface area contributed by atoms with E-state index in [0.717, 1.165) is 28.0 Å². The molecule has 0 spiro atoms. The fourth-order valence-corrected chi connectivity index (χ4v) is 5.63. The number of nitrogens with zero attached hydrogens (tertiary/aromatic N) is 3. The summed E-state index contributed by atoms with van der Waals surface area (Å²) in [4.78, 5) is 24.0. The molecule has 3 aromatic rings. The molecule has 194 valence electrons. The van der Waals surface area contributed by atoms with E-state index in [1.165, 1.54) is 11.8 Å². The van der Waals surface area contributed by atoms with Crippen molar-refractivity contribution in [2.45, 2.75) is 62.1 Å². The van der Waals surface area contributed by atoms with Crippen molar-refractivity contribution in [1.29, 1.82) is 0 Å². The van der Waals surface area contributed by atoms with Gasteiger partial charge >= 0.3 is 6.09 Å². The van der Waals surface area contributed by atoms with E-state index in [9.17, 15) is 18.0 Å². The molecule has 37 heavy (non-hydrogen) atoms. The molecule has 1 fully saturated rings. The van der Waals surface area contributed by atoms with Crippen molar-refractivity contribution in [1.82, 2.24) is 20.2 Å². The number of aromatic nitrogens is 2. The Morgan fingerprint density at radius 2 is 1.89 bits per heavy atom. The minimum atomic E-state index is -1.23. The second-order valence-corrected chi connectivity index (χ2v) is 10.2. The number of halogens is 3. The van der Waals surface area contributed by atoms with Crippen LogP contribution in [0.5, 0.6) is 0 Å². The van der Waals surface area contributed by atoms with Crippen LogP contribution >= 0.6 is 11.8 Å². The minimum Gasteiger partial charge on any atom is -0.445 e. The van der Waals surface area contributed by atoms with Gasteiger partial charge in [-0.15, -0.1) is 0 Å². The van der Waals surface area contributed by atoms with Crippen LogP contribution in [-0.4, -0.2) is 39.3 Å². The Kier molecular flexibility index (Phi) is 7.66. The van der Waals surface area contributed by atoms with Gasteiger partial charge in [-0.25, -0.2) is 27.9 Å². The Morgan fingerprint density at radius 3 is 2.68 bits per heavy atom. The molecular formula is C27H27F3N4O2S. The highest BCUT2D eigenvalue weighted by atomic mass is 32.2. The van der Waals surface area contributed by atoms with Crippen LogP contribution in [-0.2, 0) is 24.4 Å². The maximum atomic E-state index is 14.8. The normalized spacial score (nSPS) is 21.5. The molecule has 0 bridgehead atoms. The zero-order valence-corrected chi connectivity index (χ0v) is 21.1. The molecular weight excluding hydrogens is 501 g/mol. The molecule has 2 heterocycles. The number of rotatable bonds is 6. The van der Waals surface area contributed by atoms with Crippen molar-refractivity contribution in [3.05, 3.63) is 88.5 Å². The van der Waals surface area contributed by atoms with Gasteiger partial charge in [-0.3, -0.25) is 4.90 Å². The Bertz CT molecular complexity index is 1280. The number of carbonyl (C=O) groups excluding carboxylic acids is 1. The summed E-state index contributed by atoms with van der Waals surface area (Å²) in [5.41, 5.74) is 2.95. The zero-order valence-electron chi connectivity index (χ0n) is 20.3. The van der Waals surface area contributed by atoms with Crippen LogP contribution < -0.4 is 5.32 Å². The van der Waals surface area contributed by atoms with Crippen LogP contribution in [0.25, 0.3) is 0 Å². The summed E-state index contributed by atoms with van der Waals surface area (Å²) in [6.07, 6.45) is 4.85. The molecule has 1 aliphatic heterocycles. The lowest BCUT2D eigenvalue weighted by atomic mass is 9.77. The van der Waals surface area contributed by atoms with E-state index >= 15 is 0 Å². The van der Waals surface area contributed by atoms with Gasteiger partial charge in [-0.2, -0.15) is 0 Å². The van der Waals surface area contributed by atoms with E-state index in [4.69, 9.17) is 4.74 Å². The van der Waals surface area contributed by atoms with Crippen molar-refractivity contribution >= 4 is 17.9 Å². The standard InChI is InChI=1S/C27H27F3N4O2S/c1-37-26-31-12-17-13-34(14-25(17)32-26)18-7-8-19(20-10-22(29)23(30)11-21(20)28)24(9-18)33-27(35)36-15-16-5-3-2-4-6-16/h2-6,10-12,18-19,24H,7-9,13-15H2,1H3,(H,33,35)/t18-,19+,24-/m0/s1. The van der Waals surface area contributed by atoms with Crippen molar-refractivity contribution < 1.29 is 22.7 Å². The van der Waals surface area contributed by atoms with Crippen LogP contribution in [0.4, 0.5) is 18.0 Å². The first-order chi connectivity index (χ1) is 17.9. The van der Waals surface area contributed by atoms with Crippen LogP contribution in [0.2, 0.25) is 0 Å². The van der Waals surface area contributed by atoms with Crippen molar-refractivity contribution in [2.24, 2.45) is 0 Å². The first-order valence-corrected chi connectivity index (χ1v) is 13.4. The Labute approximate surface area is 217 Å². The lowest BCUT2D eigenvalue weighted by Gasteiger charge is -2.40. The summed E-state index contributed by atoms with van der Waals surface area (Å²) < 4.78 is 47.9. The minimum absolute atomic E-state index is 0.0610. The van der Waals surface area contributed by atoms with Crippen molar-refractivity contribution in [2.75, 3.05) is 6.26 Å². The summed E-state index contributed by atoms with van der Waals surface area (Å²) in [5, 5.41) is 3.61. The van der Waals surface area contributed by atoms with E-state index in [0.29, 0.717) is 38.4 Å². The Hall–Kier alpha value is -3.11. The molecule has 3 atom stereocenters. The average molecular weight is 529 g/mol. The highest BCUT2D eigenvalue weighted by Crippen LogP contribution is 2.39. The predicted molar refractivity (Wildman–Crippen MR) is 133 cm³/mol. The van der Waals surface area contributed by atoms with Gasteiger partial charge in [-0.1, -0.05) is 42.1 Å². The van der Waals surface area contributed by atoms with E-state index in [2.05, 4.69) is 20.2 Å². The molecule has 6 nitrogen and oxygen atoms in total. The van der Waals surface area contributed by atoms with E-state index in [1.807, 2.05) is 42.8 Å². The maximum absolute atomic E-state index is 14.8. The molecule has 5 rings (SSSR count). The second kappa shape index (κ2) is 11.1. The lowest BCUT2D eigenvalue weighted by Crippen LogP contribution is -2.48. The van der Waals surface area contributed by atoms with Gasteiger partial charge in [-0.05, 0) is 42.7 Å². The third-order valence-electron chi connectivity index (χ3n) is 7.14. The Morgan fingerprint density at radius 1 is 1.11 bits per heavy atom. The molecule has 1 N–H and O–H groups in total. The molecule has 0 unspecified atom stereocenters. The van der Waals surface area contributed by atoms with Crippen LogP contribution in [0, 0.1) is 17.5 Å². The number of benzene rings is 2. The van der Waals surface area contributed by atoms with E-state index in [-0.39, 0.29) is 18.2 Å². The fourth-order valence-electron chi connectivity index (χ4n) is 5.27. The number of ether oxygens (including phenoxy) is 1. The number of hydrogen-bond acceptors (Lipinski definition) is 6. The fraction of sp³-hybridized carbons (Fsp3) is 0.370. The summed E-state index contributed by atoms with van der Waals surface area (Å²) >= 11 is 1.49. The SMILES string of the molecule is CSc1ncc2c(n1)CN([C@H]1CC[C@H](c3cc(F)c(F)cc3F)[C@@H](NC(=O)OCc3ccccc3)C1)C2. The largest absolute Gasteiger partial charge is 0.445 e. The molecule has 10 heteroatoms. The monoisotopic (exact) mass is 528 g/mol. The molecule has 1 aromatic heterocycles. The number of alkyl carbamates (subject to hydrolysis) is 1. The average Bonchev–Trinajstić information content (AvgIpc) is 3.34. The highest BCUT2D eigenvalue weighted by molar-refractivity contribution is 7.98. The molecule has 2 aromatic carbocycles. The van der Waals surface area contributed by atoms with Crippen LogP contribution in [0.1, 0.15) is 47.6 Å². The lowest BCUT2D eigenvalue weighted by molar-refractivity contribution is 0.107. The number of thioether (sulfide) groups is 1. The molecule has 0 saturated heterocycles. The quantitative estimate of drug-likeness (QED) is 0.257. The number of hydrogen-bond donors (Lipinski definition) is 1. The van der Waals surface area contributed by atoms with Crippen LogP contribution in [0.3, 0.4) is 0 Å². The summed E-state index contributed by atoms with van der Waals surface area (Å²) in [6.45, 7) is 1.43. The number of fused-ring (bicyclic) bond motifs is 1. The summed E-state index contributed by atoms with van der Waals surface area (Å²) in [5.74, 6) is -3.69. The molecule has 0 radical (unpaired) electrons. The van der Waals surface area contributed by atoms with E-state index < -0.39 is 35.5 Å². The number of carbonyl (C=O) groups is 1.